The van der Waals surface area contributed by atoms with E-state index in [-0.39, 0.29) is 11.1 Å². The average Bonchev–Trinajstić information content (AvgIpc) is 2.54. The number of rotatable bonds is 6. The molecule has 22 heavy (non-hydrogen) atoms. The molecule has 0 aliphatic rings. The standard InChI is InChI=1S/C17H20ClN3O/c1-3-21(4-2)12-13-7-9-14(10-8-13)20-17(22)15-6-5-11-19-16(15)18/h5-11H,3-4,12H2,1-2H3,(H,20,22). The van der Waals surface area contributed by atoms with Crippen molar-refractivity contribution in [2.45, 2.75) is 20.4 Å². The normalized spacial score (nSPS) is 10.7. The van der Waals surface area contributed by atoms with Crippen LogP contribution in [0.2, 0.25) is 5.15 Å². The SMILES string of the molecule is CCN(CC)Cc1ccc(NC(=O)c2cccnc2Cl)cc1. The number of carbonyl (C=O) groups is 1. The van der Waals surface area contributed by atoms with E-state index in [9.17, 15) is 4.79 Å². The third kappa shape index (κ3) is 4.29. The van der Waals surface area contributed by atoms with Crippen LogP contribution in [0.25, 0.3) is 0 Å². The zero-order chi connectivity index (χ0) is 15.9. The number of aromatic nitrogens is 1. The van der Waals surface area contributed by atoms with Crippen LogP contribution in [-0.2, 0) is 6.54 Å². The van der Waals surface area contributed by atoms with Crippen molar-refractivity contribution in [2.75, 3.05) is 18.4 Å². The Balaban J connectivity index is 2.02. The second-order valence-electron chi connectivity index (χ2n) is 4.95. The van der Waals surface area contributed by atoms with Gasteiger partial charge in [0, 0.05) is 18.4 Å². The van der Waals surface area contributed by atoms with Gasteiger partial charge in [-0.05, 0) is 42.9 Å². The molecule has 1 amide bonds. The summed E-state index contributed by atoms with van der Waals surface area (Å²) in [6, 6.07) is 11.2. The zero-order valence-corrected chi connectivity index (χ0v) is 13.6. The molecule has 0 saturated carbocycles. The highest BCUT2D eigenvalue weighted by molar-refractivity contribution is 6.33. The Morgan fingerprint density at radius 1 is 1.18 bits per heavy atom. The summed E-state index contributed by atoms with van der Waals surface area (Å²) in [5, 5.41) is 3.04. The predicted octanol–water partition coefficient (Wildman–Crippen LogP) is 3.83. The molecule has 4 nitrogen and oxygen atoms in total. The lowest BCUT2D eigenvalue weighted by atomic mass is 10.2. The quantitative estimate of drug-likeness (QED) is 0.824. The fourth-order valence-electron chi connectivity index (χ4n) is 2.15. The number of halogens is 1. The molecule has 1 aromatic carbocycles. The number of nitrogens with zero attached hydrogens (tertiary/aromatic N) is 2. The van der Waals surface area contributed by atoms with Crippen molar-refractivity contribution in [3.8, 4) is 0 Å². The van der Waals surface area contributed by atoms with Gasteiger partial charge in [0.1, 0.15) is 5.15 Å². The molecule has 2 rings (SSSR count). The molecule has 0 aliphatic heterocycles. The summed E-state index contributed by atoms with van der Waals surface area (Å²) in [6.07, 6.45) is 1.56. The number of pyridine rings is 1. The molecule has 0 saturated heterocycles. The molecule has 0 radical (unpaired) electrons. The Morgan fingerprint density at radius 2 is 1.86 bits per heavy atom. The fraction of sp³-hybridized carbons (Fsp3) is 0.294. The van der Waals surface area contributed by atoms with Gasteiger partial charge in [-0.3, -0.25) is 9.69 Å². The van der Waals surface area contributed by atoms with E-state index in [1.165, 1.54) is 5.56 Å². The van der Waals surface area contributed by atoms with E-state index >= 15 is 0 Å². The Labute approximate surface area is 136 Å². The van der Waals surface area contributed by atoms with Gasteiger partial charge >= 0.3 is 0 Å². The van der Waals surface area contributed by atoms with Gasteiger partial charge in [0.2, 0.25) is 0 Å². The highest BCUT2D eigenvalue weighted by Gasteiger charge is 2.10. The lowest BCUT2D eigenvalue weighted by molar-refractivity contribution is 0.102. The highest BCUT2D eigenvalue weighted by Crippen LogP contribution is 2.16. The highest BCUT2D eigenvalue weighted by atomic mass is 35.5. The molecule has 1 heterocycles. The van der Waals surface area contributed by atoms with E-state index in [4.69, 9.17) is 11.6 Å². The van der Waals surface area contributed by atoms with Gasteiger partial charge in [-0.1, -0.05) is 37.6 Å². The van der Waals surface area contributed by atoms with Crippen LogP contribution in [0.1, 0.15) is 29.8 Å². The smallest absolute Gasteiger partial charge is 0.258 e. The van der Waals surface area contributed by atoms with Gasteiger partial charge < -0.3 is 5.32 Å². The second-order valence-corrected chi connectivity index (χ2v) is 5.31. The van der Waals surface area contributed by atoms with Crippen LogP contribution in [0.5, 0.6) is 0 Å². The lowest BCUT2D eigenvalue weighted by Crippen LogP contribution is -2.22. The minimum absolute atomic E-state index is 0.207. The van der Waals surface area contributed by atoms with E-state index < -0.39 is 0 Å². The number of anilines is 1. The number of nitrogens with one attached hydrogen (secondary N) is 1. The molecule has 0 unspecified atom stereocenters. The largest absolute Gasteiger partial charge is 0.322 e. The van der Waals surface area contributed by atoms with Crippen molar-refractivity contribution in [1.29, 1.82) is 0 Å². The molecular formula is C17H20ClN3O. The van der Waals surface area contributed by atoms with Crippen LogP contribution in [0.3, 0.4) is 0 Å². The van der Waals surface area contributed by atoms with Crippen molar-refractivity contribution < 1.29 is 4.79 Å². The molecule has 0 spiro atoms. The van der Waals surface area contributed by atoms with Gasteiger partial charge in [-0.2, -0.15) is 0 Å². The summed E-state index contributed by atoms with van der Waals surface area (Å²) >= 11 is 5.92. The molecule has 0 bridgehead atoms. The summed E-state index contributed by atoms with van der Waals surface area (Å²) in [7, 11) is 0. The maximum absolute atomic E-state index is 12.1. The average molecular weight is 318 g/mol. The maximum Gasteiger partial charge on any atom is 0.258 e. The number of hydrogen-bond donors (Lipinski definition) is 1. The summed E-state index contributed by atoms with van der Waals surface area (Å²) in [6.45, 7) is 7.25. The fourth-order valence-corrected chi connectivity index (χ4v) is 2.36. The number of carbonyl (C=O) groups excluding carboxylic acids is 1. The van der Waals surface area contributed by atoms with Crippen molar-refractivity contribution >= 4 is 23.2 Å². The maximum atomic E-state index is 12.1. The third-order valence-electron chi connectivity index (χ3n) is 3.52. The number of benzene rings is 1. The van der Waals surface area contributed by atoms with E-state index in [1.807, 2.05) is 24.3 Å². The molecule has 0 fully saturated rings. The van der Waals surface area contributed by atoms with Crippen LogP contribution in [-0.4, -0.2) is 28.9 Å². The first-order valence-corrected chi connectivity index (χ1v) is 7.75. The van der Waals surface area contributed by atoms with Crippen LogP contribution in [0.4, 0.5) is 5.69 Å². The Morgan fingerprint density at radius 3 is 2.45 bits per heavy atom. The van der Waals surface area contributed by atoms with Crippen molar-refractivity contribution in [3.63, 3.8) is 0 Å². The van der Waals surface area contributed by atoms with Crippen molar-refractivity contribution in [1.82, 2.24) is 9.88 Å². The molecule has 116 valence electrons. The van der Waals surface area contributed by atoms with Crippen LogP contribution >= 0.6 is 11.6 Å². The van der Waals surface area contributed by atoms with E-state index in [0.29, 0.717) is 5.56 Å². The zero-order valence-electron chi connectivity index (χ0n) is 12.8. The van der Waals surface area contributed by atoms with Crippen molar-refractivity contribution in [3.05, 3.63) is 58.9 Å². The molecule has 0 atom stereocenters. The Bertz CT molecular complexity index is 624. The first kappa shape index (κ1) is 16.5. The summed E-state index contributed by atoms with van der Waals surface area (Å²) in [5.74, 6) is -0.255. The third-order valence-corrected chi connectivity index (χ3v) is 3.82. The molecular weight excluding hydrogens is 298 g/mol. The lowest BCUT2D eigenvalue weighted by Gasteiger charge is -2.18. The minimum Gasteiger partial charge on any atom is -0.322 e. The van der Waals surface area contributed by atoms with Gasteiger partial charge in [0.05, 0.1) is 5.56 Å². The molecule has 2 aromatic rings. The van der Waals surface area contributed by atoms with Crippen molar-refractivity contribution in [2.24, 2.45) is 0 Å². The van der Waals surface area contributed by atoms with E-state index in [1.54, 1.807) is 18.3 Å². The summed E-state index contributed by atoms with van der Waals surface area (Å²) < 4.78 is 0. The first-order valence-electron chi connectivity index (χ1n) is 7.37. The predicted molar refractivity (Wildman–Crippen MR) is 90.3 cm³/mol. The second kappa shape index (κ2) is 7.92. The van der Waals surface area contributed by atoms with Gasteiger partial charge in [-0.25, -0.2) is 4.98 Å². The van der Waals surface area contributed by atoms with E-state index in [0.717, 1.165) is 25.3 Å². The van der Waals surface area contributed by atoms with E-state index in [2.05, 4.69) is 29.0 Å². The monoisotopic (exact) mass is 317 g/mol. The van der Waals surface area contributed by atoms with Crippen LogP contribution in [0.15, 0.2) is 42.6 Å². The molecule has 0 aliphatic carbocycles. The minimum atomic E-state index is -0.255. The van der Waals surface area contributed by atoms with Gasteiger partial charge in [0.15, 0.2) is 0 Å². The molecule has 1 N–H and O–H groups in total. The summed E-state index contributed by atoms with van der Waals surface area (Å²) in [5.41, 5.74) is 2.34. The number of amides is 1. The molecule has 5 heteroatoms. The van der Waals surface area contributed by atoms with Crippen LogP contribution in [0, 0.1) is 0 Å². The topological polar surface area (TPSA) is 45.2 Å². The van der Waals surface area contributed by atoms with Gasteiger partial charge in [-0.15, -0.1) is 0 Å². The molecule has 1 aromatic heterocycles. The Kier molecular flexibility index (Phi) is 5.92. The Hall–Kier alpha value is -1.91. The van der Waals surface area contributed by atoms with Gasteiger partial charge in [0.25, 0.3) is 5.91 Å². The summed E-state index contributed by atoms with van der Waals surface area (Å²) in [4.78, 5) is 18.4. The number of hydrogen-bond acceptors (Lipinski definition) is 3. The van der Waals surface area contributed by atoms with Crippen LogP contribution < -0.4 is 5.32 Å². The first-order chi connectivity index (χ1) is 10.6.